The number of hydrogen-bond acceptors (Lipinski definition) is 4. The summed E-state index contributed by atoms with van der Waals surface area (Å²) in [7, 11) is 0. The summed E-state index contributed by atoms with van der Waals surface area (Å²) in [5, 5.41) is 0. The molecule has 1 aromatic rings. The minimum Gasteiger partial charge on any atom is -0.454 e. The number of nitrogen functional groups attached to an aromatic ring is 1. The van der Waals surface area contributed by atoms with Gasteiger partial charge < -0.3 is 9.47 Å². The van der Waals surface area contributed by atoms with E-state index in [1.54, 1.807) is 0 Å². The summed E-state index contributed by atoms with van der Waals surface area (Å²) in [5.74, 6) is 3.89. The van der Waals surface area contributed by atoms with Crippen molar-refractivity contribution in [3.05, 3.63) is 23.5 Å². The number of carbonyl (C=O) groups is 1. The van der Waals surface area contributed by atoms with E-state index in [1.165, 1.54) is 6.07 Å². The lowest BCUT2D eigenvalue weighted by molar-refractivity contribution is 0.0944. The number of hydrogen-bond donors (Lipinski definition) is 2. The van der Waals surface area contributed by atoms with Crippen LogP contribution in [0.4, 0.5) is 4.39 Å². The Morgan fingerprint density at radius 3 is 3.00 bits per heavy atom. The van der Waals surface area contributed by atoms with Gasteiger partial charge in [-0.25, -0.2) is 10.2 Å². The van der Waals surface area contributed by atoms with Crippen molar-refractivity contribution in [1.29, 1.82) is 0 Å². The van der Waals surface area contributed by atoms with Gasteiger partial charge in [-0.1, -0.05) is 0 Å². The van der Waals surface area contributed by atoms with Crippen molar-refractivity contribution >= 4 is 5.91 Å². The zero-order valence-electron chi connectivity index (χ0n) is 7.04. The van der Waals surface area contributed by atoms with Crippen molar-refractivity contribution in [2.75, 3.05) is 6.79 Å². The maximum absolute atomic E-state index is 13.2. The SMILES string of the molecule is NNC(=O)c1c(F)ccc2c1OCO2. The fourth-order valence-corrected chi connectivity index (χ4v) is 1.23. The Labute approximate surface area is 78.6 Å². The molecule has 6 heteroatoms. The normalized spacial score (nSPS) is 12.7. The van der Waals surface area contributed by atoms with Gasteiger partial charge in [-0.05, 0) is 12.1 Å². The number of rotatable bonds is 1. The average molecular weight is 198 g/mol. The summed E-state index contributed by atoms with van der Waals surface area (Å²) < 4.78 is 23.2. The Hall–Kier alpha value is -1.82. The fraction of sp³-hybridized carbons (Fsp3) is 0.125. The van der Waals surface area contributed by atoms with E-state index in [-0.39, 0.29) is 18.1 Å². The largest absolute Gasteiger partial charge is 0.454 e. The summed E-state index contributed by atoms with van der Waals surface area (Å²) in [6, 6.07) is 2.52. The van der Waals surface area contributed by atoms with Crippen LogP contribution in [-0.4, -0.2) is 12.7 Å². The number of carbonyl (C=O) groups excluding carboxylic acids is 1. The minimum atomic E-state index is -0.746. The van der Waals surface area contributed by atoms with Crippen molar-refractivity contribution in [1.82, 2.24) is 5.43 Å². The molecule has 1 heterocycles. The van der Waals surface area contributed by atoms with Crippen LogP contribution in [0, 0.1) is 5.82 Å². The molecule has 0 saturated carbocycles. The Morgan fingerprint density at radius 1 is 1.50 bits per heavy atom. The van der Waals surface area contributed by atoms with Gasteiger partial charge in [0.15, 0.2) is 11.5 Å². The van der Waals surface area contributed by atoms with E-state index in [0.717, 1.165) is 6.07 Å². The molecule has 3 N–H and O–H groups in total. The molecule has 1 aromatic carbocycles. The molecule has 1 aliphatic rings. The lowest BCUT2D eigenvalue weighted by atomic mass is 10.1. The van der Waals surface area contributed by atoms with Crippen LogP contribution in [0.1, 0.15) is 10.4 Å². The molecular weight excluding hydrogens is 191 g/mol. The van der Waals surface area contributed by atoms with Crippen LogP contribution < -0.4 is 20.7 Å². The molecule has 74 valence electrons. The van der Waals surface area contributed by atoms with Gasteiger partial charge in [0.05, 0.1) is 0 Å². The molecule has 0 aliphatic carbocycles. The van der Waals surface area contributed by atoms with Crippen LogP contribution >= 0.6 is 0 Å². The number of hydrazine groups is 1. The molecule has 0 unspecified atom stereocenters. The third kappa shape index (κ3) is 1.16. The maximum Gasteiger partial charge on any atom is 0.272 e. The number of nitrogens with two attached hydrogens (primary N) is 1. The summed E-state index contributed by atoms with van der Waals surface area (Å²) >= 11 is 0. The first kappa shape index (κ1) is 8.76. The number of benzene rings is 1. The van der Waals surface area contributed by atoms with Gasteiger partial charge in [-0.2, -0.15) is 0 Å². The third-order valence-corrected chi connectivity index (χ3v) is 1.85. The van der Waals surface area contributed by atoms with E-state index in [4.69, 9.17) is 15.3 Å². The van der Waals surface area contributed by atoms with Gasteiger partial charge in [0.2, 0.25) is 6.79 Å². The highest BCUT2D eigenvalue weighted by Crippen LogP contribution is 2.36. The second-order valence-electron chi connectivity index (χ2n) is 2.63. The zero-order chi connectivity index (χ0) is 10.1. The fourth-order valence-electron chi connectivity index (χ4n) is 1.23. The second kappa shape index (κ2) is 3.15. The minimum absolute atomic E-state index is 0.0242. The van der Waals surface area contributed by atoms with Crippen molar-refractivity contribution < 1.29 is 18.7 Å². The van der Waals surface area contributed by atoms with Gasteiger partial charge in [-0.15, -0.1) is 0 Å². The van der Waals surface area contributed by atoms with E-state index < -0.39 is 11.7 Å². The Balaban J connectivity index is 2.57. The quantitative estimate of drug-likeness (QED) is 0.383. The predicted octanol–water partition coefficient (Wildman–Crippen LogP) is 0.158. The van der Waals surface area contributed by atoms with Crippen LogP contribution in [0.15, 0.2) is 12.1 Å². The Bertz CT molecular complexity index is 394. The predicted molar refractivity (Wildman–Crippen MR) is 44.2 cm³/mol. The van der Waals surface area contributed by atoms with Crippen LogP contribution in [0.5, 0.6) is 11.5 Å². The monoisotopic (exact) mass is 198 g/mol. The molecule has 2 rings (SSSR count). The highest BCUT2D eigenvalue weighted by molar-refractivity contribution is 5.97. The molecule has 0 fully saturated rings. The van der Waals surface area contributed by atoms with E-state index in [1.807, 2.05) is 5.43 Å². The lowest BCUT2D eigenvalue weighted by Gasteiger charge is -2.04. The third-order valence-electron chi connectivity index (χ3n) is 1.85. The highest BCUT2D eigenvalue weighted by Gasteiger charge is 2.25. The molecule has 0 spiro atoms. The lowest BCUT2D eigenvalue weighted by Crippen LogP contribution is -2.31. The topological polar surface area (TPSA) is 73.6 Å². The number of halogens is 1. The van der Waals surface area contributed by atoms with Crippen LogP contribution in [-0.2, 0) is 0 Å². The molecule has 1 aliphatic heterocycles. The highest BCUT2D eigenvalue weighted by atomic mass is 19.1. The molecule has 14 heavy (non-hydrogen) atoms. The molecular formula is C8H7FN2O3. The first-order valence-corrected chi connectivity index (χ1v) is 3.83. The number of nitrogens with one attached hydrogen (secondary N) is 1. The van der Waals surface area contributed by atoms with Gasteiger partial charge in [0.25, 0.3) is 5.91 Å². The Kier molecular flexibility index (Phi) is 1.97. The van der Waals surface area contributed by atoms with Crippen molar-refractivity contribution in [3.63, 3.8) is 0 Å². The van der Waals surface area contributed by atoms with Crippen LogP contribution in [0.2, 0.25) is 0 Å². The second-order valence-corrected chi connectivity index (χ2v) is 2.63. The summed E-state index contributed by atoms with van der Waals surface area (Å²) in [5.41, 5.74) is 1.60. The maximum atomic E-state index is 13.2. The van der Waals surface area contributed by atoms with Crippen molar-refractivity contribution in [3.8, 4) is 11.5 Å². The standard InChI is InChI=1S/C8H7FN2O3/c9-4-1-2-5-7(14-3-13-5)6(4)8(12)11-10/h1-2H,3,10H2,(H,11,12). The molecule has 1 amide bonds. The van der Waals surface area contributed by atoms with E-state index in [2.05, 4.69) is 0 Å². The van der Waals surface area contributed by atoms with Crippen molar-refractivity contribution in [2.24, 2.45) is 5.84 Å². The van der Waals surface area contributed by atoms with Crippen LogP contribution in [0.25, 0.3) is 0 Å². The smallest absolute Gasteiger partial charge is 0.272 e. The first-order valence-electron chi connectivity index (χ1n) is 3.83. The number of amides is 1. The van der Waals surface area contributed by atoms with E-state index in [0.29, 0.717) is 5.75 Å². The van der Waals surface area contributed by atoms with Gasteiger partial charge in [0.1, 0.15) is 11.4 Å². The molecule has 5 nitrogen and oxygen atoms in total. The molecule has 0 aromatic heterocycles. The summed E-state index contributed by atoms with van der Waals surface area (Å²) in [6.45, 7) is -0.0242. The molecule has 0 atom stereocenters. The molecule has 0 bridgehead atoms. The van der Waals surface area contributed by atoms with Crippen molar-refractivity contribution in [2.45, 2.75) is 0 Å². The van der Waals surface area contributed by atoms with Gasteiger partial charge >= 0.3 is 0 Å². The van der Waals surface area contributed by atoms with E-state index in [9.17, 15) is 9.18 Å². The number of ether oxygens (including phenoxy) is 2. The Morgan fingerprint density at radius 2 is 2.29 bits per heavy atom. The molecule has 0 radical (unpaired) electrons. The molecule has 0 saturated heterocycles. The van der Waals surface area contributed by atoms with Gasteiger partial charge in [-0.3, -0.25) is 10.2 Å². The van der Waals surface area contributed by atoms with E-state index >= 15 is 0 Å². The van der Waals surface area contributed by atoms with Gasteiger partial charge in [0, 0.05) is 0 Å². The van der Waals surface area contributed by atoms with Crippen LogP contribution in [0.3, 0.4) is 0 Å². The summed E-state index contributed by atoms with van der Waals surface area (Å²) in [4.78, 5) is 11.2. The zero-order valence-corrected chi connectivity index (χ0v) is 7.04. The summed E-state index contributed by atoms with van der Waals surface area (Å²) in [6.07, 6.45) is 0. The average Bonchev–Trinajstić information content (AvgIpc) is 2.64. The first-order chi connectivity index (χ1) is 6.74. The number of fused-ring (bicyclic) bond motifs is 1.